The lowest BCUT2D eigenvalue weighted by atomic mass is 9.87. The lowest BCUT2D eigenvalue weighted by Gasteiger charge is -2.37. The molecule has 0 aromatic heterocycles. The van der Waals surface area contributed by atoms with E-state index in [0.717, 1.165) is 44.3 Å². The molecule has 0 radical (unpaired) electrons. The molecular formula is C24H35N3O3. The molecule has 1 atom stereocenters. The average Bonchev–Trinajstić information content (AvgIpc) is 3.26. The van der Waals surface area contributed by atoms with Crippen molar-refractivity contribution in [2.75, 3.05) is 26.2 Å². The summed E-state index contributed by atoms with van der Waals surface area (Å²) in [7, 11) is 0. The van der Waals surface area contributed by atoms with Crippen LogP contribution in [0.2, 0.25) is 0 Å². The number of likely N-dealkylation sites (tertiary alicyclic amines) is 2. The number of benzene rings is 1. The number of carbonyl (C=O) groups excluding carboxylic acids is 3. The Morgan fingerprint density at radius 2 is 1.63 bits per heavy atom. The van der Waals surface area contributed by atoms with E-state index >= 15 is 0 Å². The van der Waals surface area contributed by atoms with Gasteiger partial charge in [-0.05, 0) is 56.1 Å². The van der Waals surface area contributed by atoms with Crippen LogP contribution in [0.1, 0.15) is 61.9 Å². The zero-order valence-electron chi connectivity index (χ0n) is 18.5. The van der Waals surface area contributed by atoms with Crippen molar-refractivity contribution in [2.24, 2.45) is 11.8 Å². The number of piperidine rings is 1. The first-order chi connectivity index (χ1) is 14.4. The second-order valence-electron chi connectivity index (χ2n) is 9.11. The van der Waals surface area contributed by atoms with Gasteiger partial charge in [-0.15, -0.1) is 0 Å². The van der Waals surface area contributed by atoms with Crippen LogP contribution in [0.4, 0.5) is 0 Å². The van der Waals surface area contributed by atoms with E-state index < -0.39 is 6.04 Å². The van der Waals surface area contributed by atoms with Crippen molar-refractivity contribution in [3.8, 4) is 0 Å². The Balaban J connectivity index is 1.70. The number of amides is 3. The predicted octanol–water partition coefficient (Wildman–Crippen LogP) is 3.00. The number of nitrogens with zero attached hydrogens (tertiary/aromatic N) is 2. The van der Waals surface area contributed by atoms with Gasteiger partial charge >= 0.3 is 0 Å². The Morgan fingerprint density at radius 1 is 1.00 bits per heavy atom. The maximum Gasteiger partial charge on any atom is 0.252 e. The second kappa shape index (κ2) is 10.1. The number of nitrogens with one attached hydrogen (secondary N) is 1. The fourth-order valence-electron chi connectivity index (χ4n) is 4.52. The monoisotopic (exact) mass is 413 g/mol. The van der Waals surface area contributed by atoms with Crippen LogP contribution >= 0.6 is 0 Å². The van der Waals surface area contributed by atoms with Gasteiger partial charge in [0.05, 0.1) is 0 Å². The molecule has 0 unspecified atom stereocenters. The first kappa shape index (κ1) is 22.3. The molecule has 30 heavy (non-hydrogen) atoms. The summed E-state index contributed by atoms with van der Waals surface area (Å²) in [5.74, 6) is 0.419. The van der Waals surface area contributed by atoms with Crippen molar-refractivity contribution in [3.05, 3.63) is 35.4 Å². The van der Waals surface area contributed by atoms with Gasteiger partial charge in [0.25, 0.3) is 5.91 Å². The highest BCUT2D eigenvalue weighted by Gasteiger charge is 2.37. The zero-order chi connectivity index (χ0) is 21.7. The first-order valence-corrected chi connectivity index (χ1v) is 11.3. The van der Waals surface area contributed by atoms with Gasteiger partial charge in [-0.2, -0.15) is 0 Å². The minimum Gasteiger partial charge on any atom is -0.343 e. The fraction of sp³-hybridized carbons (Fsp3) is 0.625. The molecule has 0 bridgehead atoms. The standard InChI is InChI=1S/C24H35N3O3/c1-17(2)16-21(28)26-14-10-19(11-15-26)22(24(30)27-12-6-7-13-27)25-23(29)20-9-5-4-8-18(20)3/h4-5,8-9,17,19,22H,6-7,10-16H2,1-3H3,(H,25,29)/t22-/m0/s1. The van der Waals surface area contributed by atoms with Crippen molar-refractivity contribution >= 4 is 17.7 Å². The highest BCUT2D eigenvalue weighted by atomic mass is 16.2. The van der Waals surface area contributed by atoms with E-state index in [0.29, 0.717) is 31.0 Å². The van der Waals surface area contributed by atoms with Crippen LogP contribution < -0.4 is 5.32 Å². The van der Waals surface area contributed by atoms with E-state index in [2.05, 4.69) is 19.2 Å². The average molecular weight is 414 g/mol. The fourth-order valence-corrected chi connectivity index (χ4v) is 4.52. The molecule has 6 heteroatoms. The number of carbonyl (C=O) groups is 3. The second-order valence-corrected chi connectivity index (χ2v) is 9.11. The SMILES string of the molecule is Cc1ccccc1C(=O)N[C@H](C(=O)N1CCCC1)C1CCN(C(=O)CC(C)C)CC1. The molecule has 0 saturated carbocycles. The van der Waals surface area contributed by atoms with Gasteiger partial charge in [0.1, 0.15) is 6.04 Å². The van der Waals surface area contributed by atoms with Crippen LogP contribution in [0.25, 0.3) is 0 Å². The molecule has 2 aliphatic heterocycles. The third-order valence-corrected chi connectivity index (χ3v) is 6.31. The molecule has 2 fully saturated rings. The minimum absolute atomic E-state index is 0.0291. The van der Waals surface area contributed by atoms with E-state index in [4.69, 9.17) is 0 Å². The van der Waals surface area contributed by atoms with Gasteiger partial charge < -0.3 is 15.1 Å². The van der Waals surface area contributed by atoms with E-state index in [9.17, 15) is 14.4 Å². The van der Waals surface area contributed by atoms with Gasteiger partial charge in [-0.1, -0.05) is 32.0 Å². The van der Waals surface area contributed by atoms with Crippen LogP contribution in [-0.2, 0) is 9.59 Å². The van der Waals surface area contributed by atoms with Crippen molar-refractivity contribution < 1.29 is 14.4 Å². The van der Waals surface area contributed by atoms with E-state index in [1.807, 2.05) is 34.9 Å². The summed E-state index contributed by atoms with van der Waals surface area (Å²) >= 11 is 0. The minimum atomic E-state index is -0.530. The molecule has 1 N–H and O–H groups in total. The highest BCUT2D eigenvalue weighted by molar-refractivity contribution is 5.98. The molecule has 1 aromatic carbocycles. The van der Waals surface area contributed by atoms with Crippen molar-refractivity contribution in [2.45, 2.75) is 58.9 Å². The lowest BCUT2D eigenvalue weighted by Crippen LogP contribution is -2.54. The number of hydrogen-bond acceptors (Lipinski definition) is 3. The molecule has 2 saturated heterocycles. The zero-order valence-corrected chi connectivity index (χ0v) is 18.5. The van der Waals surface area contributed by atoms with Gasteiger partial charge in [0.2, 0.25) is 11.8 Å². The molecule has 2 aliphatic rings. The molecule has 0 spiro atoms. The van der Waals surface area contributed by atoms with Crippen LogP contribution in [0.15, 0.2) is 24.3 Å². The Hall–Kier alpha value is -2.37. The Morgan fingerprint density at radius 3 is 2.23 bits per heavy atom. The summed E-state index contributed by atoms with van der Waals surface area (Å²) in [6.45, 7) is 8.85. The molecule has 164 valence electrons. The topological polar surface area (TPSA) is 69.7 Å². The molecule has 3 rings (SSSR count). The summed E-state index contributed by atoms with van der Waals surface area (Å²) in [6.07, 6.45) is 4.08. The van der Waals surface area contributed by atoms with Gasteiger partial charge in [-0.25, -0.2) is 0 Å². The quantitative estimate of drug-likeness (QED) is 0.779. The first-order valence-electron chi connectivity index (χ1n) is 11.3. The summed E-state index contributed by atoms with van der Waals surface area (Å²) in [5, 5.41) is 3.06. The predicted molar refractivity (Wildman–Crippen MR) is 117 cm³/mol. The van der Waals surface area contributed by atoms with Crippen LogP contribution in [0.5, 0.6) is 0 Å². The number of hydrogen-bond donors (Lipinski definition) is 1. The van der Waals surface area contributed by atoms with Crippen LogP contribution in [0.3, 0.4) is 0 Å². The van der Waals surface area contributed by atoms with Gasteiger partial charge in [0.15, 0.2) is 0 Å². The maximum atomic E-state index is 13.3. The molecule has 2 heterocycles. The Bertz CT molecular complexity index is 763. The largest absolute Gasteiger partial charge is 0.343 e. The lowest BCUT2D eigenvalue weighted by molar-refractivity contribution is -0.135. The third kappa shape index (κ3) is 5.41. The van der Waals surface area contributed by atoms with E-state index in [-0.39, 0.29) is 23.6 Å². The Kier molecular flexibility index (Phi) is 7.51. The molecular weight excluding hydrogens is 378 g/mol. The summed E-state index contributed by atoms with van der Waals surface area (Å²) in [4.78, 5) is 42.5. The van der Waals surface area contributed by atoms with E-state index in [1.165, 1.54) is 0 Å². The summed E-state index contributed by atoms with van der Waals surface area (Å²) in [6, 6.07) is 6.93. The number of aryl methyl sites for hydroxylation is 1. The molecule has 3 amide bonds. The Labute approximate surface area is 180 Å². The highest BCUT2D eigenvalue weighted by Crippen LogP contribution is 2.25. The van der Waals surface area contributed by atoms with Gasteiger partial charge in [0, 0.05) is 38.2 Å². The van der Waals surface area contributed by atoms with Crippen molar-refractivity contribution in [3.63, 3.8) is 0 Å². The number of rotatable bonds is 6. The molecule has 0 aliphatic carbocycles. The normalized spacial score (nSPS) is 18.5. The van der Waals surface area contributed by atoms with Gasteiger partial charge in [-0.3, -0.25) is 14.4 Å². The van der Waals surface area contributed by atoms with Crippen LogP contribution in [-0.4, -0.2) is 59.7 Å². The molecule has 1 aromatic rings. The third-order valence-electron chi connectivity index (χ3n) is 6.31. The maximum absolute atomic E-state index is 13.3. The van der Waals surface area contributed by atoms with E-state index in [1.54, 1.807) is 6.07 Å². The summed E-state index contributed by atoms with van der Waals surface area (Å²) < 4.78 is 0. The van der Waals surface area contributed by atoms with Crippen molar-refractivity contribution in [1.82, 2.24) is 15.1 Å². The smallest absolute Gasteiger partial charge is 0.252 e. The van der Waals surface area contributed by atoms with Crippen molar-refractivity contribution in [1.29, 1.82) is 0 Å². The summed E-state index contributed by atoms with van der Waals surface area (Å²) in [5.41, 5.74) is 1.51. The molecule has 6 nitrogen and oxygen atoms in total. The van der Waals surface area contributed by atoms with Crippen LogP contribution in [0, 0.1) is 18.8 Å².